The number of nitrogen functional groups attached to an aromatic ring is 1. The standard InChI is InChI=1S/C11H8I2N6P2/c12-20-18-5-8(10(3-14)17-18)6-1-9(15)7-4-16-19(21-13)11(7)2-6/h1-2,4-5,20-21H,15H2. The predicted molar refractivity (Wildman–Crippen MR) is 106 cm³/mol. The summed E-state index contributed by atoms with van der Waals surface area (Å²) in [6, 6.07) is 6.04. The molecule has 2 heterocycles. The van der Waals surface area contributed by atoms with Gasteiger partial charge >= 0.3 is 0 Å². The molecule has 6 nitrogen and oxygen atoms in total. The zero-order chi connectivity index (χ0) is 15.0. The number of nitriles is 1. The first-order valence-corrected chi connectivity index (χ1v) is 13.8. The number of nitrogens with zero attached hydrogens (tertiary/aromatic N) is 5. The molecule has 0 fully saturated rings. The number of fused-ring (bicyclic) bond motifs is 1. The molecule has 0 saturated carbocycles. The molecule has 0 bridgehead atoms. The number of halogens is 2. The highest BCUT2D eigenvalue weighted by Crippen LogP contribution is 2.36. The second-order valence-electron chi connectivity index (χ2n) is 4.17. The van der Waals surface area contributed by atoms with Crippen LogP contribution in [0.2, 0.25) is 0 Å². The van der Waals surface area contributed by atoms with Crippen LogP contribution in [0.5, 0.6) is 0 Å². The van der Waals surface area contributed by atoms with Gasteiger partial charge in [0.05, 0.1) is 24.5 Å². The lowest BCUT2D eigenvalue weighted by Gasteiger charge is -2.04. The average molecular weight is 540 g/mol. The summed E-state index contributed by atoms with van der Waals surface area (Å²) >= 11 is 4.51. The lowest BCUT2D eigenvalue weighted by molar-refractivity contribution is 0.998. The first-order valence-electron chi connectivity index (χ1n) is 5.68. The number of benzene rings is 1. The highest BCUT2D eigenvalue weighted by atomic mass is 127. The molecule has 3 rings (SSSR count). The lowest BCUT2D eigenvalue weighted by Crippen LogP contribution is -1.90. The fraction of sp³-hybridized carbons (Fsp3) is 0. The summed E-state index contributed by atoms with van der Waals surface area (Å²) in [5.41, 5.74) is 9.89. The zero-order valence-electron chi connectivity index (χ0n) is 10.4. The van der Waals surface area contributed by atoms with Gasteiger partial charge in [-0.1, -0.05) is 0 Å². The fourth-order valence-electron chi connectivity index (χ4n) is 2.09. The van der Waals surface area contributed by atoms with Gasteiger partial charge in [-0.25, -0.2) is 8.90 Å². The maximum absolute atomic E-state index is 9.26. The second-order valence-corrected chi connectivity index (χ2v) is 8.29. The largest absolute Gasteiger partial charge is 0.398 e. The van der Waals surface area contributed by atoms with E-state index < -0.39 is 0 Å². The first-order chi connectivity index (χ1) is 10.2. The van der Waals surface area contributed by atoms with E-state index >= 15 is 0 Å². The molecule has 0 amide bonds. The van der Waals surface area contributed by atoms with Crippen LogP contribution in [0.25, 0.3) is 22.0 Å². The van der Waals surface area contributed by atoms with Gasteiger partial charge in [-0.3, -0.25) is 0 Å². The van der Waals surface area contributed by atoms with Crippen LogP contribution < -0.4 is 5.73 Å². The highest BCUT2D eigenvalue weighted by Gasteiger charge is 2.14. The molecule has 10 heteroatoms. The summed E-state index contributed by atoms with van der Waals surface area (Å²) in [5, 5.41) is 18.8. The van der Waals surface area contributed by atoms with E-state index in [1.54, 1.807) is 10.6 Å². The topological polar surface area (TPSA) is 85.4 Å². The molecule has 0 aliphatic heterocycles. The van der Waals surface area contributed by atoms with Crippen molar-refractivity contribution in [1.82, 2.24) is 19.1 Å². The van der Waals surface area contributed by atoms with Crippen molar-refractivity contribution in [3.8, 4) is 17.2 Å². The van der Waals surface area contributed by atoms with Crippen molar-refractivity contribution < 1.29 is 0 Å². The summed E-state index contributed by atoms with van der Waals surface area (Å²) in [6.45, 7) is 0. The van der Waals surface area contributed by atoms with Gasteiger partial charge in [0, 0.05) is 22.8 Å². The van der Waals surface area contributed by atoms with E-state index in [1.807, 2.05) is 22.8 Å². The van der Waals surface area contributed by atoms with Crippen molar-refractivity contribution in [1.29, 1.82) is 5.26 Å². The van der Waals surface area contributed by atoms with Gasteiger partial charge in [0.2, 0.25) is 0 Å². The van der Waals surface area contributed by atoms with Gasteiger partial charge in [0.15, 0.2) is 5.69 Å². The van der Waals surface area contributed by atoms with Crippen LogP contribution in [0.15, 0.2) is 24.5 Å². The Balaban J connectivity index is 2.25. The molecule has 0 aliphatic rings. The number of hydrogen-bond donors (Lipinski definition) is 1. The normalized spacial score (nSPS) is 12.0. The molecule has 0 spiro atoms. The summed E-state index contributed by atoms with van der Waals surface area (Å²) in [7, 11) is 0. The Labute approximate surface area is 150 Å². The predicted octanol–water partition coefficient (Wildman–Crippen LogP) is 3.94. The second kappa shape index (κ2) is 6.32. The number of rotatable bonds is 3. The van der Waals surface area contributed by atoms with Crippen molar-refractivity contribution in [2.45, 2.75) is 0 Å². The van der Waals surface area contributed by atoms with Crippen LogP contribution >= 0.6 is 56.8 Å². The molecule has 1 aromatic carbocycles. The molecular formula is C11H8I2N6P2. The number of nitrogens with two attached hydrogens (primary N) is 1. The average Bonchev–Trinajstić information content (AvgIpc) is 3.10. The van der Waals surface area contributed by atoms with Crippen molar-refractivity contribution in [3.63, 3.8) is 0 Å². The Morgan fingerprint density at radius 1 is 1.29 bits per heavy atom. The van der Waals surface area contributed by atoms with Crippen LogP contribution in [-0.2, 0) is 0 Å². The van der Waals surface area contributed by atoms with Crippen LogP contribution in [0.1, 0.15) is 5.69 Å². The van der Waals surface area contributed by atoms with Crippen LogP contribution in [0.3, 0.4) is 0 Å². The third-order valence-electron chi connectivity index (χ3n) is 3.02. The molecule has 3 aromatic rings. The van der Waals surface area contributed by atoms with Gasteiger partial charge < -0.3 is 5.73 Å². The van der Waals surface area contributed by atoms with E-state index in [0.29, 0.717) is 24.1 Å². The summed E-state index contributed by atoms with van der Waals surface area (Å²) in [5.74, 6) is 0. The summed E-state index contributed by atoms with van der Waals surface area (Å²) in [4.78, 5) is 0. The molecule has 21 heavy (non-hydrogen) atoms. The Morgan fingerprint density at radius 3 is 2.76 bits per heavy atom. The van der Waals surface area contributed by atoms with Crippen molar-refractivity contribution in [2.24, 2.45) is 0 Å². The Kier molecular flexibility index (Phi) is 4.64. The van der Waals surface area contributed by atoms with Gasteiger partial charge in [-0.2, -0.15) is 15.5 Å². The molecule has 2 N–H and O–H groups in total. The Bertz CT molecular complexity index is 866. The number of aromatic nitrogens is 4. The fourth-order valence-corrected chi connectivity index (χ4v) is 4.68. The van der Waals surface area contributed by atoms with E-state index in [9.17, 15) is 5.26 Å². The van der Waals surface area contributed by atoms with E-state index in [1.165, 1.54) is 0 Å². The van der Waals surface area contributed by atoms with Crippen LogP contribution in [0, 0.1) is 11.3 Å². The smallest absolute Gasteiger partial charge is 0.170 e. The number of anilines is 1. The van der Waals surface area contributed by atoms with E-state index in [0.717, 1.165) is 22.0 Å². The molecule has 0 saturated heterocycles. The van der Waals surface area contributed by atoms with Crippen molar-refractivity contribution in [3.05, 3.63) is 30.2 Å². The lowest BCUT2D eigenvalue weighted by atomic mass is 10.0. The van der Waals surface area contributed by atoms with Crippen LogP contribution in [0.4, 0.5) is 5.69 Å². The zero-order valence-corrected chi connectivity index (χ0v) is 16.7. The van der Waals surface area contributed by atoms with Gasteiger partial charge in [-0.05, 0) is 61.8 Å². The SMILES string of the molecule is N#Cc1nn(PI)cc1-c1cc(N)c2cnn(PI)c2c1. The molecule has 2 atom stereocenters. The van der Waals surface area contributed by atoms with Gasteiger partial charge in [0.25, 0.3) is 0 Å². The summed E-state index contributed by atoms with van der Waals surface area (Å²) < 4.78 is 3.68. The molecule has 0 aliphatic carbocycles. The first kappa shape index (κ1) is 15.4. The molecule has 2 aromatic heterocycles. The van der Waals surface area contributed by atoms with E-state index in [4.69, 9.17) is 5.73 Å². The minimum atomic E-state index is 0.418. The van der Waals surface area contributed by atoms with Crippen molar-refractivity contribution in [2.75, 3.05) is 5.73 Å². The van der Waals surface area contributed by atoms with E-state index in [2.05, 4.69) is 60.3 Å². The monoisotopic (exact) mass is 540 g/mol. The molecule has 2 unspecified atom stereocenters. The van der Waals surface area contributed by atoms with Gasteiger partial charge in [0.1, 0.15) is 6.07 Å². The third kappa shape index (κ3) is 2.77. The number of hydrogen-bond acceptors (Lipinski definition) is 4. The third-order valence-corrected chi connectivity index (χ3v) is 6.79. The Hall–Kier alpha value is -0.490. The highest BCUT2D eigenvalue weighted by molar-refractivity contribution is 14.2. The molecule has 0 radical (unpaired) electrons. The Morgan fingerprint density at radius 2 is 2.10 bits per heavy atom. The minimum absolute atomic E-state index is 0.418. The maximum Gasteiger partial charge on any atom is 0.170 e. The van der Waals surface area contributed by atoms with Crippen LogP contribution in [-0.4, -0.2) is 19.1 Å². The minimum Gasteiger partial charge on any atom is -0.398 e. The maximum atomic E-state index is 9.26. The molecular weight excluding hydrogens is 532 g/mol. The quantitative estimate of drug-likeness (QED) is 0.310. The van der Waals surface area contributed by atoms with Gasteiger partial charge in [-0.15, -0.1) is 0 Å². The molecule has 106 valence electrons. The summed E-state index contributed by atoms with van der Waals surface area (Å²) in [6.07, 6.45) is 4.61. The van der Waals surface area contributed by atoms with E-state index in [-0.39, 0.29) is 0 Å². The van der Waals surface area contributed by atoms with Crippen molar-refractivity contribution >= 4 is 73.4 Å².